The summed E-state index contributed by atoms with van der Waals surface area (Å²) in [6.07, 6.45) is 56.2. The first-order valence-electron chi connectivity index (χ1n) is 26.4. The first kappa shape index (κ1) is 57.6. The number of hydrogen-bond donors (Lipinski definition) is 3. The third-order valence-corrected chi connectivity index (χ3v) is 12.3. The second-order valence-electron chi connectivity index (χ2n) is 18.2. The maximum atomic E-state index is 12.4. The number of carbonyl (C=O) groups excluding carboxylic acids is 2. The Hall–Kier alpha value is -1.40. The highest BCUT2D eigenvalue weighted by molar-refractivity contribution is 5.76. The van der Waals surface area contributed by atoms with Crippen LogP contribution in [0.4, 0.5) is 0 Å². The Morgan fingerprint density at radius 3 is 1.20 bits per heavy atom. The van der Waals surface area contributed by atoms with Gasteiger partial charge in [-0.3, -0.25) is 9.59 Å². The standard InChI is InChI=1S/C53H103NO5/c1-3-5-7-9-11-13-14-15-24-27-31-35-39-43-47-53(58)59-48-44-40-36-32-28-25-22-20-18-16-17-19-21-23-26-30-34-38-42-46-52(57)54-50(49-55)51(56)45-41-37-33-29-12-10-8-6-4-2/h14-15,50-51,55-56H,3-13,16-49H2,1-2H3,(H,54,57)/b15-14-. The van der Waals surface area contributed by atoms with E-state index in [1.165, 1.54) is 212 Å². The Bertz CT molecular complexity index is 878. The van der Waals surface area contributed by atoms with Crippen molar-refractivity contribution in [2.24, 2.45) is 0 Å². The minimum absolute atomic E-state index is 0.000439. The highest BCUT2D eigenvalue weighted by Crippen LogP contribution is 2.17. The van der Waals surface area contributed by atoms with Gasteiger partial charge in [0.05, 0.1) is 25.4 Å². The van der Waals surface area contributed by atoms with Crippen molar-refractivity contribution in [3.8, 4) is 0 Å². The fourth-order valence-corrected chi connectivity index (χ4v) is 8.22. The number of aliphatic hydroxyl groups is 2. The molecule has 6 heteroatoms. The second-order valence-corrected chi connectivity index (χ2v) is 18.2. The highest BCUT2D eigenvalue weighted by Gasteiger charge is 2.20. The number of carbonyl (C=O) groups is 2. The fourth-order valence-electron chi connectivity index (χ4n) is 8.22. The van der Waals surface area contributed by atoms with Crippen LogP contribution >= 0.6 is 0 Å². The lowest BCUT2D eigenvalue weighted by atomic mass is 10.0. The molecule has 0 radical (unpaired) electrons. The van der Waals surface area contributed by atoms with Crippen molar-refractivity contribution < 1.29 is 24.5 Å². The summed E-state index contributed by atoms with van der Waals surface area (Å²) in [5.41, 5.74) is 0. The molecule has 0 aromatic rings. The summed E-state index contributed by atoms with van der Waals surface area (Å²) >= 11 is 0. The van der Waals surface area contributed by atoms with Gasteiger partial charge >= 0.3 is 5.97 Å². The molecule has 59 heavy (non-hydrogen) atoms. The predicted molar refractivity (Wildman–Crippen MR) is 255 cm³/mol. The lowest BCUT2D eigenvalue weighted by Gasteiger charge is -2.22. The number of amides is 1. The van der Waals surface area contributed by atoms with Crippen molar-refractivity contribution in [1.29, 1.82) is 0 Å². The molecule has 0 spiro atoms. The number of allylic oxidation sites excluding steroid dienone is 2. The smallest absolute Gasteiger partial charge is 0.305 e. The average molecular weight is 834 g/mol. The van der Waals surface area contributed by atoms with Crippen LogP contribution in [-0.4, -0.2) is 47.4 Å². The van der Waals surface area contributed by atoms with Gasteiger partial charge in [0.2, 0.25) is 5.91 Å². The van der Waals surface area contributed by atoms with E-state index in [-0.39, 0.29) is 18.5 Å². The van der Waals surface area contributed by atoms with E-state index in [1.54, 1.807) is 0 Å². The van der Waals surface area contributed by atoms with E-state index in [9.17, 15) is 19.8 Å². The average Bonchev–Trinajstić information content (AvgIpc) is 3.24. The topological polar surface area (TPSA) is 95.9 Å². The molecule has 1 amide bonds. The molecule has 0 saturated carbocycles. The molecule has 350 valence electrons. The van der Waals surface area contributed by atoms with Crippen LogP contribution in [0, 0.1) is 0 Å². The van der Waals surface area contributed by atoms with E-state index in [1.807, 2.05) is 0 Å². The van der Waals surface area contributed by atoms with E-state index >= 15 is 0 Å². The molecule has 0 fully saturated rings. The quantitative estimate of drug-likeness (QED) is 0.0322. The Balaban J connectivity index is 3.37. The maximum Gasteiger partial charge on any atom is 0.305 e. The summed E-state index contributed by atoms with van der Waals surface area (Å²) in [5, 5.41) is 23.1. The lowest BCUT2D eigenvalue weighted by Crippen LogP contribution is -2.45. The molecule has 0 heterocycles. The van der Waals surface area contributed by atoms with Crippen molar-refractivity contribution in [3.63, 3.8) is 0 Å². The Morgan fingerprint density at radius 1 is 0.458 bits per heavy atom. The lowest BCUT2D eigenvalue weighted by molar-refractivity contribution is -0.143. The number of nitrogens with one attached hydrogen (secondary N) is 1. The zero-order valence-corrected chi connectivity index (χ0v) is 39.7. The van der Waals surface area contributed by atoms with Crippen LogP contribution in [0.15, 0.2) is 12.2 Å². The Kier molecular flexibility index (Phi) is 48.1. The number of aliphatic hydroxyl groups excluding tert-OH is 2. The molecule has 0 rings (SSSR count). The maximum absolute atomic E-state index is 12.4. The minimum Gasteiger partial charge on any atom is -0.466 e. The van der Waals surface area contributed by atoms with Crippen LogP contribution < -0.4 is 5.32 Å². The largest absolute Gasteiger partial charge is 0.466 e. The van der Waals surface area contributed by atoms with Crippen molar-refractivity contribution in [2.45, 2.75) is 302 Å². The predicted octanol–water partition coefficient (Wildman–Crippen LogP) is 15.7. The highest BCUT2D eigenvalue weighted by atomic mass is 16.5. The molecule has 0 aromatic heterocycles. The molecule has 2 atom stereocenters. The van der Waals surface area contributed by atoms with Crippen LogP contribution in [0.1, 0.15) is 290 Å². The Morgan fingerprint density at radius 2 is 0.797 bits per heavy atom. The molecule has 0 saturated heterocycles. The van der Waals surface area contributed by atoms with Crippen LogP contribution in [0.25, 0.3) is 0 Å². The summed E-state index contributed by atoms with van der Waals surface area (Å²) in [7, 11) is 0. The van der Waals surface area contributed by atoms with Gasteiger partial charge in [0.25, 0.3) is 0 Å². The number of esters is 1. The van der Waals surface area contributed by atoms with Gasteiger partial charge in [0, 0.05) is 12.8 Å². The number of unbranched alkanes of at least 4 members (excludes halogenated alkanes) is 36. The van der Waals surface area contributed by atoms with Gasteiger partial charge in [-0.05, 0) is 51.4 Å². The van der Waals surface area contributed by atoms with E-state index in [4.69, 9.17) is 4.74 Å². The van der Waals surface area contributed by atoms with Crippen LogP contribution in [0.3, 0.4) is 0 Å². The summed E-state index contributed by atoms with van der Waals surface area (Å²) in [6.45, 7) is 4.92. The molecule has 2 unspecified atom stereocenters. The first-order chi connectivity index (χ1) is 29.0. The van der Waals surface area contributed by atoms with Gasteiger partial charge < -0.3 is 20.3 Å². The van der Waals surface area contributed by atoms with E-state index < -0.39 is 12.1 Å². The monoisotopic (exact) mass is 834 g/mol. The molecule has 3 N–H and O–H groups in total. The minimum atomic E-state index is -0.663. The van der Waals surface area contributed by atoms with Gasteiger partial charge in [0.15, 0.2) is 0 Å². The van der Waals surface area contributed by atoms with Crippen molar-refractivity contribution >= 4 is 11.9 Å². The van der Waals surface area contributed by atoms with Crippen molar-refractivity contribution in [1.82, 2.24) is 5.32 Å². The number of rotatable bonds is 49. The molecule has 0 aliphatic carbocycles. The number of ether oxygens (including phenoxy) is 1. The van der Waals surface area contributed by atoms with E-state index in [2.05, 4.69) is 31.3 Å². The normalized spacial score (nSPS) is 12.7. The summed E-state index contributed by atoms with van der Waals surface area (Å²) in [6, 6.07) is -0.540. The molecular formula is C53H103NO5. The first-order valence-corrected chi connectivity index (χ1v) is 26.4. The van der Waals surface area contributed by atoms with Gasteiger partial charge in [-0.25, -0.2) is 0 Å². The zero-order chi connectivity index (χ0) is 43.0. The fraction of sp³-hybridized carbons (Fsp3) is 0.925. The third-order valence-electron chi connectivity index (χ3n) is 12.3. The molecule has 0 aromatic carbocycles. The van der Waals surface area contributed by atoms with E-state index in [0.29, 0.717) is 25.9 Å². The second kappa shape index (κ2) is 49.3. The van der Waals surface area contributed by atoms with Crippen molar-refractivity contribution in [2.75, 3.05) is 13.2 Å². The molecule has 0 aliphatic rings. The van der Waals surface area contributed by atoms with Gasteiger partial charge in [-0.15, -0.1) is 0 Å². The Labute approximate surface area is 368 Å². The third kappa shape index (κ3) is 45.9. The van der Waals surface area contributed by atoms with Crippen LogP contribution in [-0.2, 0) is 14.3 Å². The summed E-state index contributed by atoms with van der Waals surface area (Å²) in [4.78, 5) is 24.4. The van der Waals surface area contributed by atoms with Gasteiger partial charge in [0.1, 0.15) is 0 Å². The molecule has 0 aliphatic heterocycles. The zero-order valence-electron chi connectivity index (χ0n) is 39.7. The van der Waals surface area contributed by atoms with Gasteiger partial charge in [-0.2, -0.15) is 0 Å². The molecule has 0 bridgehead atoms. The molecular weight excluding hydrogens is 731 g/mol. The SMILES string of the molecule is CCCCCCC/C=C\CCCCCCCC(=O)OCCCCCCCCCCCCCCCCCCCCCC(=O)NC(CO)C(O)CCCCCCCCCCC. The van der Waals surface area contributed by atoms with Crippen LogP contribution in [0.5, 0.6) is 0 Å². The van der Waals surface area contributed by atoms with Gasteiger partial charge in [-0.1, -0.05) is 238 Å². The molecule has 6 nitrogen and oxygen atoms in total. The summed E-state index contributed by atoms with van der Waals surface area (Å²) < 4.78 is 5.47. The summed E-state index contributed by atoms with van der Waals surface area (Å²) in [5.74, 6) is -0.0395. The number of hydrogen-bond acceptors (Lipinski definition) is 5. The van der Waals surface area contributed by atoms with Crippen LogP contribution in [0.2, 0.25) is 0 Å². The van der Waals surface area contributed by atoms with E-state index in [0.717, 1.165) is 44.9 Å². The van der Waals surface area contributed by atoms with Crippen molar-refractivity contribution in [3.05, 3.63) is 12.2 Å².